The van der Waals surface area contributed by atoms with Crippen molar-refractivity contribution in [1.82, 2.24) is 5.32 Å². The van der Waals surface area contributed by atoms with Crippen LogP contribution in [0.5, 0.6) is 0 Å². The van der Waals surface area contributed by atoms with Gasteiger partial charge in [-0.25, -0.2) is 0 Å². The highest BCUT2D eigenvalue weighted by atomic mass is 127. The molecular formula is C13H19IN2O. The van der Waals surface area contributed by atoms with Gasteiger partial charge in [0, 0.05) is 21.7 Å². The number of nitrogens with two attached hydrogens (primary N) is 1. The molecule has 4 heteroatoms. The van der Waals surface area contributed by atoms with Gasteiger partial charge >= 0.3 is 0 Å². The molecule has 1 rings (SSSR count). The maximum atomic E-state index is 11.9. The summed E-state index contributed by atoms with van der Waals surface area (Å²) < 4.78 is 1.12. The SMILES string of the molecule is CC(C)C[C@H](CN)NC(=O)c1ccc(I)cc1. The Labute approximate surface area is 116 Å². The molecule has 0 saturated carbocycles. The van der Waals surface area contributed by atoms with Crippen molar-refractivity contribution < 1.29 is 4.79 Å². The van der Waals surface area contributed by atoms with Crippen LogP contribution in [0.4, 0.5) is 0 Å². The van der Waals surface area contributed by atoms with Gasteiger partial charge in [0.25, 0.3) is 5.91 Å². The van der Waals surface area contributed by atoms with Crippen molar-refractivity contribution in [3.8, 4) is 0 Å². The molecule has 1 amide bonds. The van der Waals surface area contributed by atoms with E-state index >= 15 is 0 Å². The van der Waals surface area contributed by atoms with Crippen molar-refractivity contribution in [3.05, 3.63) is 33.4 Å². The predicted octanol–water partition coefficient (Wildman–Crippen LogP) is 2.39. The number of carbonyl (C=O) groups excluding carboxylic acids is 1. The molecule has 0 aliphatic heterocycles. The minimum atomic E-state index is -0.0440. The Kier molecular flexibility index (Phi) is 5.91. The van der Waals surface area contributed by atoms with Gasteiger partial charge in [-0.2, -0.15) is 0 Å². The maximum Gasteiger partial charge on any atom is 0.251 e. The van der Waals surface area contributed by atoms with Crippen molar-refractivity contribution in [2.45, 2.75) is 26.3 Å². The molecule has 0 bridgehead atoms. The summed E-state index contributed by atoms with van der Waals surface area (Å²) in [5, 5.41) is 2.97. The van der Waals surface area contributed by atoms with E-state index in [1.807, 2.05) is 24.3 Å². The second-order valence-electron chi connectivity index (χ2n) is 4.54. The second kappa shape index (κ2) is 6.96. The molecule has 1 aromatic carbocycles. The molecule has 0 aliphatic rings. The number of benzene rings is 1. The molecular weight excluding hydrogens is 327 g/mol. The van der Waals surface area contributed by atoms with Crippen molar-refractivity contribution >= 4 is 28.5 Å². The van der Waals surface area contributed by atoms with E-state index in [2.05, 4.69) is 41.8 Å². The zero-order chi connectivity index (χ0) is 12.8. The number of rotatable bonds is 5. The van der Waals surface area contributed by atoms with Gasteiger partial charge in [-0.05, 0) is 59.2 Å². The van der Waals surface area contributed by atoms with E-state index in [1.54, 1.807) is 0 Å². The summed E-state index contributed by atoms with van der Waals surface area (Å²) in [6.45, 7) is 4.73. The molecule has 3 N–H and O–H groups in total. The molecule has 1 aromatic rings. The third kappa shape index (κ3) is 5.04. The van der Waals surface area contributed by atoms with Crippen molar-refractivity contribution in [2.24, 2.45) is 11.7 Å². The summed E-state index contributed by atoms with van der Waals surface area (Å²) in [6, 6.07) is 7.58. The number of hydrogen-bond acceptors (Lipinski definition) is 2. The smallest absolute Gasteiger partial charge is 0.251 e. The van der Waals surface area contributed by atoms with Gasteiger partial charge < -0.3 is 11.1 Å². The van der Waals surface area contributed by atoms with Crippen molar-refractivity contribution in [2.75, 3.05) is 6.54 Å². The van der Waals surface area contributed by atoms with Crippen LogP contribution < -0.4 is 11.1 Å². The molecule has 3 nitrogen and oxygen atoms in total. The predicted molar refractivity (Wildman–Crippen MR) is 78.9 cm³/mol. The topological polar surface area (TPSA) is 55.1 Å². The van der Waals surface area contributed by atoms with E-state index in [4.69, 9.17) is 5.73 Å². The van der Waals surface area contributed by atoms with Crippen molar-refractivity contribution in [1.29, 1.82) is 0 Å². The lowest BCUT2D eigenvalue weighted by atomic mass is 10.0. The fourth-order valence-electron chi connectivity index (χ4n) is 1.65. The number of nitrogens with one attached hydrogen (secondary N) is 1. The van der Waals surface area contributed by atoms with Crippen LogP contribution in [-0.2, 0) is 0 Å². The van der Waals surface area contributed by atoms with Crippen LogP contribution in [0, 0.1) is 9.49 Å². The van der Waals surface area contributed by atoms with Gasteiger partial charge in [-0.1, -0.05) is 13.8 Å². The van der Waals surface area contributed by atoms with E-state index < -0.39 is 0 Å². The number of amides is 1. The van der Waals surface area contributed by atoms with Crippen LogP contribution in [0.1, 0.15) is 30.6 Å². The molecule has 1 atom stereocenters. The summed E-state index contributed by atoms with van der Waals surface area (Å²) in [6.07, 6.45) is 0.909. The molecule has 0 heterocycles. The first kappa shape index (κ1) is 14.4. The first-order valence-electron chi connectivity index (χ1n) is 5.79. The summed E-state index contributed by atoms with van der Waals surface area (Å²) in [5.41, 5.74) is 6.34. The van der Waals surface area contributed by atoms with Gasteiger partial charge in [-0.3, -0.25) is 4.79 Å². The first-order valence-corrected chi connectivity index (χ1v) is 6.87. The Bertz CT molecular complexity index is 362. The third-order valence-corrected chi connectivity index (χ3v) is 3.20. The Hall–Kier alpha value is -0.620. The highest BCUT2D eigenvalue weighted by Crippen LogP contribution is 2.08. The van der Waals surface area contributed by atoms with Crippen molar-refractivity contribution in [3.63, 3.8) is 0 Å². The van der Waals surface area contributed by atoms with E-state index in [0.717, 1.165) is 9.99 Å². The Balaban J connectivity index is 2.61. The van der Waals surface area contributed by atoms with Gasteiger partial charge in [0.15, 0.2) is 0 Å². The van der Waals surface area contributed by atoms with Gasteiger partial charge in [0.1, 0.15) is 0 Å². The minimum Gasteiger partial charge on any atom is -0.348 e. The molecule has 0 spiro atoms. The Morgan fingerprint density at radius 1 is 1.35 bits per heavy atom. The summed E-state index contributed by atoms with van der Waals surface area (Å²) >= 11 is 2.22. The molecule has 0 aromatic heterocycles. The van der Waals surface area contributed by atoms with Gasteiger partial charge in [-0.15, -0.1) is 0 Å². The third-order valence-electron chi connectivity index (χ3n) is 2.48. The van der Waals surface area contributed by atoms with Crippen LogP contribution in [0.2, 0.25) is 0 Å². The Morgan fingerprint density at radius 3 is 2.41 bits per heavy atom. The van der Waals surface area contributed by atoms with E-state index in [9.17, 15) is 4.79 Å². The molecule has 0 fully saturated rings. The lowest BCUT2D eigenvalue weighted by molar-refractivity contribution is 0.0934. The lowest BCUT2D eigenvalue weighted by Crippen LogP contribution is -2.41. The summed E-state index contributed by atoms with van der Waals surface area (Å²) in [7, 11) is 0. The fraction of sp³-hybridized carbons (Fsp3) is 0.462. The average Bonchev–Trinajstić information content (AvgIpc) is 2.28. The molecule has 0 saturated heterocycles. The maximum absolute atomic E-state index is 11.9. The first-order chi connectivity index (χ1) is 8.02. The average molecular weight is 346 g/mol. The van der Waals surface area contributed by atoms with Crippen LogP contribution in [-0.4, -0.2) is 18.5 Å². The largest absolute Gasteiger partial charge is 0.348 e. The zero-order valence-corrected chi connectivity index (χ0v) is 12.4. The number of hydrogen-bond donors (Lipinski definition) is 2. The lowest BCUT2D eigenvalue weighted by Gasteiger charge is -2.18. The van der Waals surface area contributed by atoms with E-state index in [1.165, 1.54) is 0 Å². The summed E-state index contributed by atoms with van der Waals surface area (Å²) in [5.74, 6) is 0.484. The van der Waals surface area contributed by atoms with Crippen LogP contribution in [0.25, 0.3) is 0 Å². The highest BCUT2D eigenvalue weighted by Gasteiger charge is 2.13. The number of carbonyl (C=O) groups is 1. The van der Waals surface area contributed by atoms with Gasteiger partial charge in [0.2, 0.25) is 0 Å². The minimum absolute atomic E-state index is 0.0440. The fourth-order valence-corrected chi connectivity index (χ4v) is 2.01. The number of halogens is 1. The van der Waals surface area contributed by atoms with E-state index in [-0.39, 0.29) is 11.9 Å². The standard InChI is InChI=1S/C13H19IN2O/c1-9(2)7-12(8-15)16-13(17)10-3-5-11(14)6-4-10/h3-6,9,12H,7-8,15H2,1-2H3,(H,16,17)/t12-/m1/s1. The molecule has 0 aliphatic carbocycles. The van der Waals surface area contributed by atoms with Gasteiger partial charge in [0.05, 0.1) is 0 Å². The molecule has 0 unspecified atom stereocenters. The van der Waals surface area contributed by atoms with Crippen LogP contribution in [0.15, 0.2) is 24.3 Å². The molecule has 94 valence electrons. The summed E-state index contributed by atoms with van der Waals surface area (Å²) in [4.78, 5) is 11.9. The van der Waals surface area contributed by atoms with Crippen LogP contribution in [0.3, 0.4) is 0 Å². The monoisotopic (exact) mass is 346 g/mol. The normalized spacial score (nSPS) is 12.5. The quantitative estimate of drug-likeness (QED) is 0.805. The highest BCUT2D eigenvalue weighted by molar-refractivity contribution is 14.1. The van der Waals surface area contributed by atoms with E-state index in [0.29, 0.717) is 18.0 Å². The Morgan fingerprint density at radius 2 is 1.94 bits per heavy atom. The second-order valence-corrected chi connectivity index (χ2v) is 5.79. The molecule has 0 radical (unpaired) electrons. The van der Waals surface area contributed by atoms with Crippen LogP contribution >= 0.6 is 22.6 Å². The zero-order valence-electron chi connectivity index (χ0n) is 10.2. The molecule has 17 heavy (non-hydrogen) atoms.